The van der Waals surface area contributed by atoms with Gasteiger partial charge in [-0.3, -0.25) is 0 Å². The van der Waals surface area contributed by atoms with Crippen LogP contribution in [0.4, 0.5) is 4.39 Å². The van der Waals surface area contributed by atoms with Crippen LogP contribution in [0.2, 0.25) is 0 Å². The Labute approximate surface area is 94.6 Å². The van der Waals surface area contributed by atoms with E-state index in [0.717, 1.165) is 18.7 Å². The second-order valence-corrected chi connectivity index (χ2v) is 4.31. The molecule has 1 aliphatic heterocycles. The highest BCUT2D eigenvalue weighted by atomic mass is 19.1. The molecular weight excluding hydrogens is 209 g/mol. The zero-order chi connectivity index (χ0) is 11.6. The zero-order valence-electron chi connectivity index (χ0n) is 9.55. The number of hydrogen-bond donors (Lipinski definition) is 1. The van der Waals surface area contributed by atoms with Gasteiger partial charge in [0.25, 0.3) is 0 Å². The first-order valence-corrected chi connectivity index (χ1v) is 5.30. The number of benzene rings is 1. The molecule has 88 valence electrons. The average Bonchev–Trinajstić information content (AvgIpc) is 2.24. The molecular formula is C12H16FNO2. The fraction of sp³-hybridized carbons (Fsp3) is 0.500. The minimum atomic E-state index is -0.347. The summed E-state index contributed by atoms with van der Waals surface area (Å²) in [4.78, 5) is 0. The quantitative estimate of drug-likeness (QED) is 0.846. The summed E-state index contributed by atoms with van der Waals surface area (Å²) in [6.07, 6.45) is 0. The summed E-state index contributed by atoms with van der Waals surface area (Å²) in [7, 11) is 1.45. The number of hydrogen-bond acceptors (Lipinski definition) is 3. The van der Waals surface area contributed by atoms with Gasteiger partial charge in [-0.05, 0) is 24.6 Å². The van der Waals surface area contributed by atoms with Crippen LogP contribution in [0.15, 0.2) is 18.2 Å². The topological polar surface area (TPSA) is 30.5 Å². The highest BCUT2D eigenvalue weighted by molar-refractivity contribution is 5.28. The van der Waals surface area contributed by atoms with Crippen molar-refractivity contribution in [2.45, 2.75) is 19.1 Å². The summed E-state index contributed by atoms with van der Waals surface area (Å²) in [6.45, 7) is 4.18. The molecule has 0 atom stereocenters. The van der Waals surface area contributed by atoms with Gasteiger partial charge in [0, 0.05) is 13.1 Å². The Morgan fingerprint density at radius 2 is 2.19 bits per heavy atom. The highest BCUT2D eigenvalue weighted by Crippen LogP contribution is 2.21. The summed E-state index contributed by atoms with van der Waals surface area (Å²) < 4.78 is 23.9. The molecule has 0 spiro atoms. The van der Waals surface area contributed by atoms with E-state index in [-0.39, 0.29) is 17.2 Å². The van der Waals surface area contributed by atoms with E-state index in [0.29, 0.717) is 6.61 Å². The van der Waals surface area contributed by atoms with Crippen LogP contribution < -0.4 is 10.1 Å². The lowest BCUT2D eigenvalue weighted by molar-refractivity contribution is -0.0768. The minimum absolute atomic E-state index is 0.101. The molecule has 0 bridgehead atoms. The van der Waals surface area contributed by atoms with Gasteiger partial charge in [-0.25, -0.2) is 4.39 Å². The van der Waals surface area contributed by atoms with E-state index in [2.05, 4.69) is 5.32 Å². The van der Waals surface area contributed by atoms with Crippen LogP contribution in [0.5, 0.6) is 5.75 Å². The highest BCUT2D eigenvalue weighted by Gasteiger charge is 2.32. The van der Waals surface area contributed by atoms with E-state index in [4.69, 9.17) is 9.47 Å². The molecule has 4 heteroatoms. The first-order valence-electron chi connectivity index (χ1n) is 5.30. The summed E-state index contributed by atoms with van der Waals surface area (Å²) in [5.74, 6) is -0.0826. The molecule has 0 aliphatic carbocycles. The third-order valence-corrected chi connectivity index (χ3v) is 2.80. The van der Waals surface area contributed by atoms with Crippen molar-refractivity contribution in [3.63, 3.8) is 0 Å². The fourth-order valence-corrected chi connectivity index (χ4v) is 1.64. The van der Waals surface area contributed by atoms with Gasteiger partial charge in [0.05, 0.1) is 19.3 Å². The van der Waals surface area contributed by atoms with E-state index >= 15 is 0 Å². The normalized spacial score (nSPS) is 17.9. The molecule has 3 nitrogen and oxygen atoms in total. The lowest BCUT2D eigenvalue weighted by Crippen LogP contribution is -2.58. The monoisotopic (exact) mass is 225 g/mol. The second-order valence-electron chi connectivity index (χ2n) is 4.31. The van der Waals surface area contributed by atoms with Gasteiger partial charge < -0.3 is 14.8 Å². The van der Waals surface area contributed by atoms with Gasteiger partial charge in [0.15, 0.2) is 11.6 Å². The second kappa shape index (κ2) is 4.39. The van der Waals surface area contributed by atoms with Gasteiger partial charge in [-0.2, -0.15) is 0 Å². The molecule has 1 N–H and O–H groups in total. The van der Waals surface area contributed by atoms with Crippen molar-refractivity contribution < 1.29 is 13.9 Å². The maximum atomic E-state index is 13.4. The summed E-state index contributed by atoms with van der Waals surface area (Å²) >= 11 is 0. The standard InChI is InChI=1S/C12H16FNO2/c1-12(7-14-8-12)16-6-9-3-4-11(15-2)10(13)5-9/h3-5,14H,6-8H2,1-2H3. The molecule has 0 radical (unpaired) electrons. The van der Waals surface area contributed by atoms with Gasteiger partial charge in [0.1, 0.15) is 0 Å². The average molecular weight is 225 g/mol. The molecule has 1 heterocycles. The Hall–Kier alpha value is -1.13. The zero-order valence-corrected chi connectivity index (χ0v) is 9.55. The molecule has 16 heavy (non-hydrogen) atoms. The molecule has 1 aromatic carbocycles. The van der Waals surface area contributed by atoms with Crippen molar-refractivity contribution in [3.8, 4) is 5.75 Å². The van der Waals surface area contributed by atoms with Gasteiger partial charge in [-0.1, -0.05) is 6.07 Å². The molecule has 1 aliphatic rings. The van der Waals surface area contributed by atoms with E-state index in [1.54, 1.807) is 6.07 Å². The van der Waals surface area contributed by atoms with Crippen LogP contribution in [0.25, 0.3) is 0 Å². The molecule has 0 amide bonds. The number of nitrogens with one attached hydrogen (secondary N) is 1. The predicted octanol–water partition coefficient (Wildman–Crippen LogP) is 1.71. The molecule has 2 rings (SSSR count). The molecule has 0 unspecified atom stereocenters. The van der Waals surface area contributed by atoms with Crippen LogP contribution in [0.1, 0.15) is 12.5 Å². The van der Waals surface area contributed by atoms with Crippen molar-refractivity contribution in [2.75, 3.05) is 20.2 Å². The van der Waals surface area contributed by atoms with E-state index in [1.165, 1.54) is 13.2 Å². The first-order chi connectivity index (χ1) is 7.63. The van der Waals surface area contributed by atoms with Crippen LogP contribution in [0.3, 0.4) is 0 Å². The molecule has 1 saturated heterocycles. The predicted molar refractivity (Wildman–Crippen MR) is 59.0 cm³/mol. The van der Waals surface area contributed by atoms with E-state index in [9.17, 15) is 4.39 Å². The lowest BCUT2D eigenvalue weighted by Gasteiger charge is -2.39. The maximum Gasteiger partial charge on any atom is 0.165 e. The fourth-order valence-electron chi connectivity index (χ4n) is 1.64. The Kier molecular flexibility index (Phi) is 3.12. The van der Waals surface area contributed by atoms with E-state index in [1.807, 2.05) is 13.0 Å². The smallest absolute Gasteiger partial charge is 0.165 e. The van der Waals surface area contributed by atoms with Crippen molar-refractivity contribution in [1.29, 1.82) is 0 Å². The lowest BCUT2D eigenvalue weighted by atomic mass is 10.00. The Morgan fingerprint density at radius 3 is 2.69 bits per heavy atom. The van der Waals surface area contributed by atoms with E-state index < -0.39 is 0 Å². The number of ether oxygens (including phenoxy) is 2. The maximum absolute atomic E-state index is 13.4. The van der Waals surface area contributed by atoms with Crippen LogP contribution in [0, 0.1) is 5.82 Å². The number of methoxy groups -OCH3 is 1. The van der Waals surface area contributed by atoms with Gasteiger partial charge in [0.2, 0.25) is 0 Å². The number of rotatable bonds is 4. The third-order valence-electron chi connectivity index (χ3n) is 2.80. The van der Waals surface area contributed by atoms with Crippen molar-refractivity contribution >= 4 is 0 Å². The van der Waals surface area contributed by atoms with Crippen LogP contribution >= 0.6 is 0 Å². The third kappa shape index (κ3) is 2.33. The molecule has 1 fully saturated rings. The van der Waals surface area contributed by atoms with Crippen LogP contribution in [-0.4, -0.2) is 25.8 Å². The van der Waals surface area contributed by atoms with Crippen molar-refractivity contribution in [2.24, 2.45) is 0 Å². The molecule has 0 saturated carbocycles. The molecule has 0 aromatic heterocycles. The van der Waals surface area contributed by atoms with Crippen LogP contribution in [-0.2, 0) is 11.3 Å². The summed E-state index contributed by atoms with van der Waals surface area (Å²) in [5, 5.41) is 3.15. The van der Waals surface area contributed by atoms with Crippen molar-refractivity contribution in [3.05, 3.63) is 29.6 Å². The largest absolute Gasteiger partial charge is 0.494 e. The SMILES string of the molecule is COc1ccc(COC2(C)CNC2)cc1F. The van der Waals surface area contributed by atoms with Gasteiger partial charge in [-0.15, -0.1) is 0 Å². The summed E-state index contributed by atoms with van der Waals surface area (Å²) in [5.41, 5.74) is 0.725. The Bertz CT molecular complexity index is 377. The number of halogens is 1. The minimum Gasteiger partial charge on any atom is -0.494 e. The van der Waals surface area contributed by atoms with Gasteiger partial charge >= 0.3 is 0 Å². The molecule has 1 aromatic rings. The Balaban J connectivity index is 1.97. The summed E-state index contributed by atoms with van der Waals surface area (Å²) in [6, 6.07) is 4.89. The first kappa shape index (κ1) is 11.4. The Morgan fingerprint density at radius 1 is 1.44 bits per heavy atom. The van der Waals surface area contributed by atoms with Crippen molar-refractivity contribution in [1.82, 2.24) is 5.32 Å².